The number of carbonyl (C=O) groups is 2. The molecule has 0 spiro atoms. The Morgan fingerprint density at radius 1 is 1.00 bits per heavy atom. The number of amides is 1. The van der Waals surface area contributed by atoms with Gasteiger partial charge in [0.15, 0.2) is 9.84 Å². The van der Waals surface area contributed by atoms with Crippen molar-refractivity contribution >= 4 is 39.0 Å². The van der Waals surface area contributed by atoms with Crippen LogP contribution >= 0.6 is 0 Å². The Balaban J connectivity index is 1.59. The third kappa shape index (κ3) is 5.53. The highest BCUT2D eigenvalue weighted by molar-refractivity contribution is 7.91. The minimum atomic E-state index is -4.20. The number of imidazole rings is 1. The maximum atomic E-state index is 13.5. The number of aromatic amines is 1. The number of nitrogens with one attached hydrogen (secondary N) is 3. The highest BCUT2D eigenvalue weighted by Crippen LogP contribution is 2.35. The molecular weight excluding hydrogens is 470 g/mol. The zero-order valence-electron chi connectivity index (χ0n) is 18.3. The molecule has 35 heavy (non-hydrogen) atoms. The van der Waals surface area contributed by atoms with Gasteiger partial charge >= 0.3 is 5.97 Å². The number of pyridine rings is 1. The highest BCUT2D eigenvalue weighted by Gasteiger charge is 2.33. The summed E-state index contributed by atoms with van der Waals surface area (Å²) in [7, 11) is -4.20. The SMILES string of the molecule is O=C(O)CC(c1cccnc1)S(=O)(=O)c1ccccc1NC(=O)c1ccc(Nc2ncc[nH]2)cc1. The lowest BCUT2D eigenvalue weighted by Gasteiger charge is -2.19. The molecule has 1 unspecified atom stereocenters. The Hall–Kier alpha value is -4.51. The average Bonchev–Trinajstić information content (AvgIpc) is 3.36. The summed E-state index contributed by atoms with van der Waals surface area (Å²) < 4.78 is 27.1. The Morgan fingerprint density at radius 2 is 1.77 bits per heavy atom. The van der Waals surface area contributed by atoms with E-state index in [9.17, 15) is 23.1 Å². The number of carbonyl (C=O) groups excluding carboxylic acids is 1. The van der Waals surface area contributed by atoms with Crippen LogP contribution in [0.3, 0.4) is 0 Å². The average molecular weight is 492 g/mol. The van der Waals surface area contributed by atoms with Gasteiger partial charge in [0, 0.05) is 36.0 Å². The number of carboxylic acid groups (broad SMARTS) is 1. The van der Waals surface area contributed by atoms with Crippen molar-refractivity contribution in [3.05, 3.63) is 96.6 Å². The summed E-state index contributed by atoms with van der Waals surface area (Å²) in [5.41, 5.74) is 1.30. The molecule has 0 saturated carbocycles. The standard InChI is InChI=1S/C24H21N5O5S/c30-22(31)14-21(17-4-3-11-25-15-17)35(33,34)20-6-2-1-5-19(20)29-23(32)16-7-9-18(10-8-16)28-24-26-12-13-27-24/h1-13,15,21H,14H2,(H,29,32)(H,30,31)(H2,26,27,28). The van der Waals surface area contributed by atoms with E-state index in [4.69, 9.17) is 0 Å². The number of anilines is 3. The van der Waals surface area contributed by atoms with E-state index in [1.54, 1.807) is 42.7 Å². The lowest BCUT2D eigenvalue weighted by molar-refractivity contribution is -0.137. The first kappa shape index (κ1) is 23.6. The van der Waals surface area contributed by atoms with Gasteiger partial charge < -0.3 is 20.7 Å². The largest absolute Gasteiger partial charge is 0.481 e. The van der Waals surface area contributed by atoms with Crippen molar-refractivity contribution in [3.63, 3.8) is 0 Å². The number of nitrogens with zero attached hydrogens (tertiary/aromatic N) is 2. The van der Waals surface area contributed by atoms with Crippen LogP contribution in [0, 0.1) is 0 Å². The summed E-state index contributed by atoms with van der Waals surface area (Å²) in [4.78, 5) is 35.1. The molecule has 10 nitrogen and oxygen atoms in total. The smallest absolute Gasteiger partial charge is 0.305 e. The molecule has 4 rings (SSSR count). The van der Waals surface area contributed by atoms with Crippen molar-refractivity contribution in [1.82, 2.24) is 15.0 Å². The molecule has 178 valence electrons. The molecule has 0 bridgehead atoms. The summed E-state index contributed by atoms with van der Waals surface area (Å²) in [6.07, 6.45) is 5.42. The Morgan fingerprint density at radius 3 is 2.43 bits per heavy atom. The number of aliphatic carboxylic acids is 1. The van der Waals surface area contributed by atoms with Crippen molar-refractivity contribution in [3.8, 4) is 0 Å². The van der Waals surface area contributed by atoms with Crippen LogP contribution in [-0.2, 0) is 14.6 Å². The van der Waals surface area contributed by atoms with E-state index < -0.39 is 33.4 Å². The minimum absolute atomic E-state index is 0.0505. The molecule has 1 atom stereocenters. The second kappa shape index (κ2) is 10.2. The van der Waals surface area contributed by atoms with Gasteiger partial charge in [0.25, 0.3) is 5.91 Å². The van der Waals surface area contributed by atoms with Gasteiger partial charge in [-0.1, -0.05) is 18.2 Å². The van der Waals surface area contributed by atoms with Crippen LogP contribution in [0.25, 0.3) is 0 Å². The quantitative estimate of drug-likeness (QED) is 0.276. The number of hydrogen-bond acceptors (Lipinski definition) is 7. The molecule has 0 aliphatic carbocycles. The molecule has 11 heteroatoms. The third-order valence-electron chi connectivity index (χ3n) is 5.14. The summed E-state index contributed by atoms with van der Waals surface area (Å²) in [5.74, 6) is -1.24. The van der Waals surface area contributed by atoms with Gasteiger partial charge in [-0.2, -0.15) is 0 Å². The van der Waals surface area contributed by atoms with E-state index in [0.717, 1.165) is 0 Å². The lowest BCUT2D eigenvalue weighted by Crippen LogP contribution is -2.20. The maximum Gasteiger partial charge on any atom is 0.305 e. The number of hydrogen-bond donors (Lipinski definition) is 4. The predicted octanol–water partition coefficient (Wildman–Crippen LogP) is 3.79. The minimum Gasteiger partial charge on any atom is -0.481 e. The van der Waals surface area contributed by atoms with Gasteiger partial charge in [-0.15, -0.1) is 0 Å². The van der Waals surface area contributed by atoms with E-state index in [2.05, 4.69) is 25.6 Å². The number of sulfone groups is 1. The monoisotopic (exact) mass is 491 g/mol. The summed E-state index contributed by atoms with van der Waals surface area (Å²) >= 11 is 0. The van der Waals surface area contributed by atoms with Crippen LogP contribution in [0.4, 0.5) is 17.3 Å². The van der Waals surface area contributed by atoms with Crippen LogP contribution in [0.2, 0.25) is 0 Å². The first-order valence-electron chi connectivity index (χ1n) is 10.5. The summed E-state index contributed by atoms with van der Waals surface area (Å²) in [5, 5.41) is 13.7. The number of para-hydroxylation sites is 1. The second-order valence-electron chi connectivity index (χ2n) is 7.51. The van der Waals surface area contributed by atoms with E-state index >= 15 is 0 Å². The first-order valence-corrected chi connectivity index (χ1v) is 12.0. The van der Waals surface area contributed by atoms with Gasteiger partial charge in [0.2, 0.25) is 5.95 Å². The molecule has 2 aromatic carbocycles. The second-order valence-corrected chi connectivity index (χ2v) is 9.61. The molecule has 2 aromatic heterocycles. The van der Waals surface area contributed by atoms with Crippen LogP contribution in [0.1, 0.15) is 27.6 Å². The molecule has 0 aliphatic heterocycles. The molecule has 0 aliphatic rings. The van der Waals surface area contributed by atoms with Gasteiger partial charge in [-0.05, 0) is 48.0 Å². The third-order valence-corrected chi connectivity index (χ3v) is 7.30. The number of benzene rings is 2. The van der Waals surface area contributed by atoms with Gasteiger partial charge in [0.1, 0.15) is 5.25 Å². The molecule has 4 aromatic rings. The topological polar surface area (TPSA) is 154 Å². The molecular formula is C24H21N5O5S. The van der Waals surface area contributed by atoms with Crippen LogP contribution in [0.15, 0.2) is 90.3 Å². The first-order chi connectivity index (χ1) is 16.8. The Kier molecular flexibility index (Phi) is 6.88. The number of rotatable bonds is 9. The molecule has 0 radical (unpaired) electrons. The zero-order valence-corrected chi connectivity index (χ0v) is 19.1. The van der Waals surface area contributed by atoms with Crippen molar-refractivity contribution in [2.75, 3.05) is 10.6 Å². The Bertz CT molecular complexity index is 1420. The lowest BCUT2D eigenvalue weighted by atomic mass is 10.1. The number of H-pyrrole nitrogens is 1. The highest BCUT2D eigenvalue weighted by atomic mass is 32.2. The number of aromatic nitrogens is 3. The van der Waals surface area contributed by atoms with Gasteiger partial charge in [-0.25, -0.2) is 13.4 Å². The van der Waals surface area contributed by atoms with Gasteiger partial charge in [-0.3, -0.25) is 14.6 Å². The van der Waals surface area contributed by atoms with E-state index in [0.29, 0.717) is 17.2 Å². The fourth-order valence-electron chi connectivity index (χ4n) is 3.47. The normalized spacial score (nSPS) is 12.0. The molecule has 4 N–H and O–H groups in total. The fraction of sp³-hybridized carbons (Fsp3) is 0.0833. The van der Waals surface area contributed by atoms with E-state index in [1.165, 1.54) is 42.7 Å². The van der Waals surface area contributed by atoms with E-state index in [1.807, 2.05) is 0 Å². The van der Waals surface area contributed by atoms with Crippen LogP contribution in [0.5, 0.6) is 0 Å². The number of carboxylic acids is 1. The summed E-state index contributed by atoms with van der Waals surface area (Å²) in [6, 6.07) is 15.5. The van der Waals surface area contributed by atoms with Crippen molar-refractivity contribution < 1.29 is 23.1 Å². The van der Waals surface area contributed by atoms with Crippen LogP contribution < -0.4 is 10.6 Å². The summed E-state index contributed by atoms with van der Waals surface area (Å²) in [6.45, 7) is 0. The van der Waals surface area contributed by atoms with Crippen LogP contribution in [-0.4, -0.2) is 40.4 Å². The van der Waals surface area contributed by atoms with Gasteiger partial charge in [0.05, 0.1) is 17.0 Å². The van der Waals surface area contributed by atoms with Crippen molar-refractivity contribution in [2.45, 2.75) is 16.6 Å². The predicted molar refractivity (Wildman–Crippen MR) is 129 cm³/mol. The zero-order chi connectivity index (χ0) is 24.8. The Labute approximate surface area is 201 Å². The maximum absolute atomic E-state index is 13.5. The molecule has 1 amide bonds. The van der Waals surface area contributed by atoms with Crippen molar-refractivity contribution in [1.29, 1.82) is 0 Å². The molecule has 2 heterocycles. The molecule has 0 fully saturated rings. The molecule has 0 saturated heterocycles. The van der Waals surface area contributed by atoms with Crippen molar-refractivity contribution in [2.24, 2.45) is 0 Å². The van der Waals surface area contributed by atoms with E-state index in [-0.39, 0.29) is 16.1 Å². The fourth-order valence-corrected chi connectivity index (χ4v) is 5.33.